The molecule has 0 spiro atoms. The molecular weight excluding hydrogens is 322 g/mol. The van der Waals surface area contributed by atoms with Gasteiger partial charge in [0.25, 0.3) is 5.69 Å². The van der Waals surface area contributed by atoms with Crippen molar-refractivity contribution in [3.05, 3.63) is 34.4 Å². The zero-order valence-electron chi connectivity index (χ0n) is 15.1. The Bertz CT molecular complexity index is 600. The molecule has 1 fully saturated rings. The van der Waals surface area contributed by atoms with Gasteiger partial charge in [0.1, 0.15) is 0 Å². The Morgan fingerprint density at radius 1 is 1.28 bits per heavy atom. The van der Waals surface area contributed by atoms with E-state index in [2.05, 4.69) is 41.3 Å². The number of rotatable bonds is 6. The summed E-state index contributed by atoms with van der Waals surface area (Å²) in [7, 11) is 2.12. The van der Waals surface area contributed by atoms with Crippen LogP contribution in [0.25, 0.3) is 0 Å². The maximum atomic E-state index is 12.1. The predicted octanol–water partition coefficient (Wildman–Crippen LogP) is 1.99. The molecule has 0 aromatic heterocycles. The number of carbonyl (C=O) groups is 1. The quantitative estimate of drug-likeness (QED) is 0.605. The Labute approximate surface area is 148 Å². The molecule has 0 unspecified atom stereocenters. The van der Waals surface area contributed by atoms with Crippen molar-refractivity contribution in [2.24, 2.45) is 5.92 Å². The number of anilines is 1. The number of urea groups is 1. The molecule has 2 N–H and O–H groups in total. The molecule has 8 nitrogen and oxygen atoms in total. The molecule has 2 amide bonds. The summed E-state index contributed by atoms with van der Waals surface area (Å²) in [5, 5.41) is 16.4. The Hall–Kier alpha value is -2.19. The van der Waals surface area contributed by atoms with Crippen LogP contribution in [0.1, 0.15) is 13.8 Å². The highest BCUT2D eigenvalue weighted by atomic mass is 16.6. The second-order valence-corrected chi connectivity index (χ2v) is 6.79. The third-order valence-corrected chi connectivity index (χ3v) is 4.56. The maximum Gasteiger partial charge on any atom is 0.319 e. The molecule has 138 valence electrons. The Kier molecular flexibility index (Phi) is 6.72. The van der Waals surface area contributed by atoms with Crippen LogP contribution in [0.5, 0.6) is 0 Å². The summed E-state index contributed by atoms with van der Waals surface area (Å²) in [5.74, 6) is 0.418. The van der Waals surface area contributed by atoms with Crippen LogP contribution in [0.2, 0.25) is 0 Å². The van der Waals surface area contributed by atoms with E-state index in [0.717, 1.165) is 26.2 Å². The normalized spacial score (nSPS) is 17.3. The van der Waals surface area contributed by atoms with Crippen molar-refractivity contribution in [1.82, 2.24) is 15.1 Å². The van der Waals surface area contributed by atoms with Crippen LogP contribution in [0.4, 0.5) is 16.2 Å². The number of likely N-dealkylation sites (N-methyl/N-ethyl adjacent to an activating group) is 1. The first-order chi connectivity index (χ1) is 11.9. The Morgan fingerprint density at radius 3 is 2.56 bits per heavy atom. The van der Waals surface area contributed by atoms with Crippen molar-refractivity contribution in [2.75, 3.05) is 45.1 Å². The largest absolute Gasteiger partial charge is 0.336 e. The van der Waals surface area contributed by atoms with Crippen molar-refractivity contribution >= 4 is 17.4 Å². The van der Waals surface area contributed by atoms with Gasteiger partial charge in [0.2, 0.25) is 0 Å². The highest BCUT2D eigenvalue weighted by Crippen LogP contribution is 2.17. The smallest absolute Gasteiger partial charge is 0.319 e. The second-order valence-electron chi connectivity index (χ2n) is 6.79. The van der Waals surface area contributed by atoms with Gasteiger partial charge in [-0.3, -0.25) is 15.0 Å². The number of nitrogens with one attached hydrogen (secondary N) is 2. The first-order valence-corrected chi connectivity index (χ1v) is 8.58. The van der Waals surface area contributed by atoms with E-state index >= 15 is 0 Å². The highest BCUT2D eigenvalue weighted by molar-refractivity contribution is 5.89. The van der Waals surface area contributed by atoms with Gasteiger partial charge in [-0.1, -0.05) is 19.9 Å². The van der Waals surface area contributed by atoms with Crippen LogP contribution in [-0.4, -0.2) is 66.6 Å². The summed E-state index contributed by atoms with van der Waals surface area (Å²) < 4.78 is 0. The second kappa shape index (κ2) is 8.77. The molecule has 0 saturated carbocycles. The lowest BCUT2D eigenvalue weighted by atomic mass is 10.0. The van der Waals surface area contributed by atoms with Gasteiger partial charge < -0.3 is 15.5 Å². The van der Waals surface area contributed by atoms with E-state index in [1.807, 2.05) is 0 Å². The van der Waals surface area contributed by atoms with Gasteiger partial charge in [-0.05, 0) is 19.0 Å². The van der Waals surface area contributed by atoms with E-state index in [9.17, 15) is 14.9 Å². The van der Waals surface area contributed by atoms with E-state index in [1.54, 1.807) is 12.1 Å². The molecule has 1 aliphatic rings. The lowest BCUT2D eigenvalue weighted by Gasteiger charge is -2.39. The lowest BCUT2D eigenvalue weighted by molar-refractivity contribution is -0.384. The molecule has 0 aliphatic carbocycles. The van der Waals surface area contributed by atoms with E-state index in [4.69, 9.17) is 0 Å². The molecule has 1 atom stereocenters. The average molecular weight is 349 g/mol. The van der Waals surface area contributed by atoms with Gasteiger partial charge in [-0.2, -0.15) is 0 Å². The number of amides is 2. The summed E-state index contributed by atoms with van der Waals surface area (Å²) in [4.78, 5) is 27.2. The van der Waals surface area contributed by atoms with Gasteiger partial charge >= 0.3 is 6.03 Å². The fourth-order valence-corrected chi connectivity index (χ4v) is 3.01. The number of benzene rings is 1. The van der Waals surface area contributed by atoms with E-state index in [-0.39, 0.29) is 17.8 Å². The standard InChI is InChI=1S/C17H27N5O3/c1-13(2)16(21-9-7-20(3)8-10-21)12-18-17(23)19-14-5-4-6-15(11-14)22(24)25/h4-6,11,13,16H,7-10,12H2,1-3H3,(H2,18,19,23)/t16-/m0/s1. The van der Waals surface area contributed by atoms with Gasteiger partial charge in [0.05, 0.1) is 4.92 Å². The summed E-state index contributed by atoms with van der Waals surface area (Å²) in [6.45, 7) is 8.90. The van der Waals surface area contributed by atoms with Gasteiger partial charge in [0, 0.05) is 56.6 Å². The van der Waals surface area contributed by atoms with Crippen LogP contribution < -0.4 is 10.6 Å². The van der Waals surface area contributed by atoms with Crippen molar-refractivity contribution < 1.29 is 9.72 Å². The summed E-state index contributed by atoms with van der Waals surface area (Å²) in [6.07, 6.45) is 0. The van der Waals surface area contributed by atoms with Gasteiger partial charge in [-0.25, -0.2) is 4.79 Å². The Balaban J connectivity index is 1.88. The van der Waals surface area contributed by atoms with Crippen molar-refractivity contribution in [3.8, 4) is 0 Å². The van der Waals surface area contributed by atoms with Gasteiger partial charge in [0.15, 0.2) is 0 Å². The predicted molar refractivity (Wildman–Crippen MR) is 97.8 cm³/mol. The highest BCUT2D eigenvalue weighted by Gasteiger charge is 2.25. The number of hydrogen-bond donors (Lipinski definition) is 2. The minimum absolute atomic E-state index is 0.0460. The molecule has 25 heavy (non-hydrogen) atoms. The SMILES string of the molecule is CC(C)[C@H](CNC(=O)Nc1cccc([N+](=O)[O-])c1)N1CCN(C)CC1. The van der Waals surface area contributed by atoms with Crippen molar-refractivity contribution in [3.63, 3.8) is 0 Å². The van der Waals surface area contributed by atoms with Crippen LogP contribution >= 0.6 is 0 Å². The number of non-ortho nitro benzene ring substituents is 1. The molecule has 1 heterocycles. The monoisotopic (exact) mass is 349 g/mol. The number of nitro groups is 1. The van der Waals surface area contributed by atoms with Crippen molar-refractivity contribution in [1.29, 1.82) is 0 Å². The van der Waals surface area contributed by atoms with Crippen molar-refractivity contribution in [2.45, 2.75) is 19.9 Å². The minimum Gasteiger partial charge on any atom is -0.336 e. The fraction of sp³-hybridized carbons (Fsp3) is 0.588. The zero-order valence-corrected chi connectivity index (χ0v) is 15.1. The topological polar surface area (TPSA) is 90.7 Å². The number of piperazine rings is 1. The summed E-state index contributed by atoms with van der Waals surface area (Å²) >= 11 is 0. The number of nitro benzene ring substituents is 1. The third kappa shape index (κ3) is 5.68. The first kappa shape index (κ1) is 19.1. The molecule has 0 bridgehead atoms. The zero-order chi connectivity index (χ0) is 18.4. The minimum atomic E-state index is -0.481. The number of nitrogens with zero attached hydrogens (tertiary/aromatic N) is 3. The van der Waals surface area contributed by atoms with Crippen LogP contribution in [0.15, 0.2) is 24.3 Å². The molecule has 2 rings (SSSR count). The van der Waals surface area contributed by atoms with E-state index < -0.39 is 4.92 Å². The number of carbonyl (C=O) groups excluding carboxylic acids is 1. The average Bonchev–Trinajstić information content (AvgIpc) is 2.56. The van der Waals surface area contributed by atoms with E-state index in [1.165, 1.54) is 12.1 Å². The summed E-state index contributed by atoms with van der Waals surface area (Å²) in [6, 6.07) is 5.84. The van der Waals surface area contributed by atoms with E-state index in [0.29, 0.717) is 18.2 Å². The molecule has 1 saturated heterocycles. The van der Waals surface area contributed by atoms with Crippen LogP contribution in [0.3, 0.4) is 0 Å². The maximum absolute atomic E-state index is 12.1. The molecule has 1 aromatic rings. The molecule has 8 heteroatoms. The Morgan fingerprint density at radius 2 is 1.96 bits per heavy atom. The van der Waals surface area contributed by atoms with Crippen LogP contribution in [0, 0.1) is 16.0 Å². The van der Waals surface area contributed by atoms with Crippen LogP contribution in [-0.2, 0) is 0 Å². The molecular formula is C17H27N5O3. The van der Waals surface area contributed by atoms with Gasteiger partial charge in [-0.15, -0.1) is 0 Å². The fourth-order valence-electron chi connectivity index (χ4n) is 3.01. The summed E-state index contributed by atoms with van der Waals surface area (Å²) in [5.41, 5.74) is 0.364. The first-order valence-electron chi connectivity index (χ1n) is 8.58. The third-order valence-electron chi connectivity index (χ3n) is 4.56. The number of hydrogen-bond acceptors (Lipinski definition) is 5. The molecule has 0 radical (unpaired) electrons. The lowest BCUT2D eigenvalue weighted by Crippen LogP contribution is -2.54. The molecule has 1 aliphatic heterocycles. The molecule has 1 aromatic carbocycles.